The summed E-state index contributed by atoms with van der Waals surface area (Å²) in [5.74, 6) is -0.191. The van der Waals surface area contributed by atoms with Gasteiger partial charge in [0.2, 0.25) is 0 Å². The molecule has 1 heterocycles. The van der Waals surface area contributed by atoms with E-state index in [0.717, 1.165) is 0 Å². The number of Topliss-reactive ketones (excluding diaryl/α,β-unsaturated/α-hetero) is 1. The first-order chi connectivity index (χ1) is 8.69. The van der Waals surface area contributed by atoms with Gasteiger partial charge in [-0.1, -0.05) is 0 Å². The average molecular weight is 265 g/mol. The number of hydrogen-bond acceptors (Lipinski definition) is 5. The SMILES string of the molecule is CC(=O)c1ncc(CNC(=O)OC(C)(C)C)cc1N. The first-order valence-electron chi connectivity index (χ1n) is 5.91. The Labute approximate surface area is 112 Å². The molecule has 1 aromatic heterocycles. The van der Waals surface area contributed by atoms with Crippen LogP contribution in [0.5, 0.6) is 0 Å². The Hall–Kier alpha value is -2.11. The van der Waals surface area contributed by atoms with E-state index in [2.05, 4.69) is 10.3 Å². The number of rotatable bonds is 3. The highest BCUT2D eigenvalue weighted by Gasteiger charge is 2.16. The minimum absolute atomic E-state index is 0.191. The smallest absolute Gasteiger partial charge is 0.407 e. The maximum Gasteiger partial charge on any atom is 0.407 e. The van der Waals surface area contributed by atoms with Gasteiger partial charge >= 0.3 is 6.09 Å². The van der Waals surface area contributed by atoms with Crippen molar-refractivity contribution in [3.63, 3.8) is 0 Å². The second-order valence-corrected chi connectivity index (χ2v) is 5.19. The van der Waals surface area contributed by atoms with Crippen LogP contribution in [0, 0.1) is 0 Å². The van der Waals surface area contributed by atoms with Crippen molar-refractivity contribution in [3.8, 4) is 0 Å². The third kappa shape index (κ3) is 4.95. The number of nitrogen functional groups attached to an aromatic ring is 1. The summed E-state index contributed by atoms with van der Waals surface area (Å²) in [4.78, 5) is 26.6. The van der Waals surface area contributed by atoms with Crippen molar-refractivity contribution in [2.24, 2.45) is 0 Å². The molecule has 0 saturated carbocycles. The van der Waals surface area contributed by atoms with Crippen LogP contribution in [0.15, 0.2) is 12.3 Å². The molecule has 1 amide bonds. The number of nitrogens with one attached hydrogen (secondary N) is 1. The van der Waals surface area contributed by atoms with Gasteiger partial charge in [0.1, 0.15) is 11.3 Å². The number of hydrogen-bond donors (Lipinski definition) is 2. The summed E-state index contributed by atoms with van der Waals surface area (Å²) in [6.07, 6.45) is 0.992. The van der Waals surface area contributed by atoms with Crippen molar-refractivity contribution in [3.05, 3.63) is 23.5 Å². The lowest BCUT2D eigenvalue weighted by molar-refractivity contribution is 0.0523. The van der Waals surface area contributed by atoms with Gasteiger partial charge in [0.05, 0.1) is 5.69 Å². The predicted molar refractivity (Wildman–Crippen MR) is 71.7 cm³/mol. The van der Waals surface area contributed by atoms with Crippen LogP contribution < -0.4 is 11.1 Å². The van der Waals surface area contributed by atoms with E-state index in [4.69, 9.17) is 10.5 Å². The Balaban J connectivity index is 2.62. The fourth-order valence-corrected chi connectivity index (χ4v) is 1.41. The zero-order valence-corrected chi connectivity index (χ0v) is 11.6. The summed E-state index contributed by atoms with van der Waals surface area (Å²) in [6, 6.07) is 1.61. The molecule has 0 aliphatic rings. The summed E-state index contributed by atoms with van der Waals surface area (Å²) in [5, 5.41) is 2.59. The van der Waals surface area contributed by atoms with Gasteiger partial charge in [0.25, 0.3) is 0 Å². The van der Waals surface area contributed by atoms with E-state index in [1.54, 1.807) is 26.8 Å². The van der Waals surface area contributed by atoms with Crippen LogP contribution >= 0.6 is 0 Å². The van der Waals surface area contributed by atoms with Crippen molar-refractivity contribution < 1.29 is 14.3 Å². The molecule has 0 aliphatic heterocycles. The molecule has 0 radical (unpaired) electrons. The molecule has 3 N–H and O–H groups in total. The molecule has 6 heteroatoms. The number of anilines is 1. The molecule has 1 aromatic rings. The molecular formula is C13H19N3O3. The lowest BCUT2D eigenvalue weighted by Gasteiger charge is -2.19. The summed E-state index contributed by atoms with van der Waals surface area (Å²) < 4.78 is 5.10. The third-order valence-corrected chi connectivity index (χ3v) is 2.14. The largest absolute Gasteiger partial charge is 0.444 e. The number of amides is 1. The summed E-state index contributed by atoms with van der Waals surface area (Å²) >= 11 is 0. The van der Waals surface area contributed by atoms with Gasteiger partial charge in [-0.25, -0.2) is 4.79 Å². The molecule has 19 heavy (non-hydrogen) atoms. The Morgan fingerprint density at radius 3 is 2.53 bits per heavy atom. The number of nitrogens with zero attached hydrogens (tertiary/aromatic N) is 1. The van der Waals surface area contributed by atoms with Crippen LogP contribution in [-0.4, -0.2) is 22.5 Å². The highest BCUT2D eigenvalue weighted by atomic mass is 16.6. The molecule has 0 atom stereocenters. The van der Waals surface area contributed by atoms with Crippen molar-refractivity contribution in [2.45, 2.75) is 39.8 Å². The minimum atomic E-state index is -0.542. The minimum Gasteiger partial charge on any atom is -0.444 e. The zero-order chi connectivity index (χ0) is 14.6. The summed E-state index contributed by atoms with van der Waals surface area (Å²) in [6.45, 7) is 7.00. The summed E-state index contributed by atoms with van der Waals surface area (Å²) in [5.41, 5.74) is 6.40. The topological polar surface area (TPSA) is 94.3 Å². The molecule has 0 saturated heterocycles. The number of ketones is 1. The van der Waals surface area contributed by atoms with E-state index >= 15 is 0 Å². The lowest BCUT2D eigenvalue weighted by Crippen LogP contribution is -2.32. The standard InChI is InChI=1S/C13H19N3O3/c1-8(17)11-10(14)5-9(6-15-11)7-16-12(18)19-13(2,3)4/h5-6H,7,14H2,1-4H3,(H,16,18). The van der Waals surface area contributed by atoms with Crippen molar-refractivity contribution in [1.29, 1.82) is 0 Å². The van der Waals surface area contributed by atoms with Gasteiger partial charge < -0.3 is 15.8 Å². The van der Waals surface area contributed by atoms with Crippen molar-refractivity contribution in [1.82, 2.24) is 10.3 Å². The normalized spacial score (nSPS) is 10.9. The number of nitrogens with two attached hydrogens (primary N) is 1. The van der Waals surface area contributed by atoms with Crippen LogP contribution in [0.3, 0.4) is 0 Å². The number of aromatic nitrogens is 1. The number of pyridine rings is 1. The molecule has 0 bridgehead atoms. The van der Waals surface area contributed by atoms with Gasteiger partial charge in [0, 0.05) is 19.7 Å². The Kier molecular flexibility index (Phi) is 4.47. The third-order valence-electron chi connectivity index (χ3n) is 2.14. The van der Waals surface area contributed by atoms with Crippen LogP contribution in [0.1, 0.15) is 43.7 Å². The van der Waals surface area contributed by atoms with E-state index in [1.807, 2.05) is 0 Å². The van der Waals surface area contributed by atoms with Crippen LogP contribution in [0.25, 0.3) is 0 Å². The fraction of sp³-hybridized carbons (Fsp3) is 0.462. The Bertz CT molecular complexity index is 492. The highest BCUT2D eigenvalue weighted by molar-refractivity contribution is 5.96. The average Bonchev–Trinajstić information content (AvgIpc) is 2.23. The van der Waals surface area contributed by atoms with Gasteiger partial charge in [0.15, 0.2) is 5.78 Å². The Morgan fingerprint density at radius 2 is 2.05 bits per heavy atom. The molecule has 0 spiro atoms. The number of carbonyl (C=O) groups excluding carboxylic acids is 2. The van der Waals surface area contributed by atoms with Crippen LogP contribution in [0.4, 0.5) is 10.5 Å². The fourth-order valence-electron chi connectivity index (χ4n) is 1.41. The monoisotopic (exact) mass is 265 g/mol. The molecule has 1 rings (SSSR count). The molecular weight excluding hydrogens is 246 g/mol. The molecule has 0 aliphatic carbocycles. The van der Waals surface area contributed by atoms with E-state index < -0.39 is 11.7 Å². The van der Waals surface area contributed by atoms with Gasteiger partial charge in [-0.3, -0.25) is 9.78 Å². The van der Waals surface area contributed by atoms with Gasteiger partial charge in [-0.05, 0) is 32.4 Å². The first kappa shape index (κ1) is 14.9. The van der Waals surface area contributed by atoms with E-state index in [0.29, 0.717) is 11.3 Å². The molecule has 6 nitrogen and oxygen atoms in total. The molecule has 0 fully saturated rings. The molecule has 0 unspecified atom stereocenters. The highest BCUT2D eigenvalue weighted by Crippen LogP contribution is 2.12. The van der Waals surface area contributed by atoms with E-state index in [-0.39, 0.29) is 18.0 Å². The number of alkyl carbamates (subject to hydrolysis) is 1. The van der Waals surface area contributed by atoms with Crippen LogP contribution in [0.2, 0.25) is 0 Å². The number of carbonyl (C=O) groups is 2. The van der Waals surface area contributed by atoms with E-state index in [9.17, 15) is 9.59 Å². The first-order valence-corrected chi connectivity index (χ1v) is 5.91. The van der Waals surface area contributed by atoms with Crippen molar-refractivity contribution >= 4 is 17.6 Å². The maximum absolute atomic E-state index is 11.5. The van der Waals surface area contributed by atoms with Gasteiger partial charge in [-0.15, -0.1) is 0 Å². The maximum atomic E-state index is 11.5. The zero-order valence-electron chi connectivity index (χ0n) is 11.6. The van der Waals surface area contributed by atoms with Gasteiger partial charge in [-0.2, -0.15) is 0 Å². The predicted octanol–water partition coefficient (Wildman–Crippen LogP) is 1.89. The second kappa shape index (κ2) is 5.69. The summed E-state index contributed by atoms with van der Waals surface area (Å²) in [7, 11) is 0. The molecule has 104 valence electrons. The lowest BCUT2D eigenvalue weighted by atomic mass is 10.2. The van der Waals surface area contributed by atoms with E-state index in [1.165, 1.54) is 13.1 Å². The molecule has 0 aromatic carbocycles. The van der Waals surface area contributed by atoms with Crippen LogP contribution in [-0.2, 0) is 11.3 Å². The van der Waals surface area contributed by atoms with Crippen molar-refractivity contribution in [2.75, 3.05) is 5.73 Å². The quantitative estimate of drug-likeness (QED) is 0.814. The second-order valence-electron chi connectivity index (χ2n) is 5.19. The number of ether oxygens (including phenoxy) is 1. The Morgan fingerprint density at radius 1 is 1.42 bits per heavy atom.